The van der Waals surface area contributed by atoms with E-state index < -0.39 is 5.91 Å². The molecule has 0 saturated carbocycles. The summed E-state index contributed by atoms with van der Waals surface area (Å²) in [6, 6.07) is 7.45. The topological polar surface area (TPSA) is 84.9 Å². The molecule has 0 unspecified atom stereocenters. The smallest absolute Gasteiger partial charge is 0.270 e. The Balaban J connectivity index is 2.50. The molecule has 0 bridgehead atoms. The first-order valence-electron chi connectivity index (χ1n) is 4.43. The molecule has 0 saturated heterocycles. The Kier molecular flexibility index (Phi) is 1.39. The number of H-pyrrole nitrogens is 1. The monoisotopic (exact) mass is 201 g/mol. The molecule has 5 heteroatoms. The number of aromatic amines is 1. The van der Waals surface area contributed by atoms with E-state index >= 15 is 0 Å². The van der Waals surface area contributed by atoms with Crippen LogP contribution >= 0.6 is 0 Å². The fourth-order valence-electron chi connectivity index (χ4n) is 1.64. The third-order valence-corrected chi connectivity index (χ3v) is 2.32. The Morgan fingerprint density at radius 1 is 1.40 bits per heavy atom. The molecule has 0 aliphatic heterocycles. The van der Waals surface area contributed by atoms with Gasteiger partial charge in [0.2, 0.25) is 0 Å². The lowest BCUT2D eigenvalue weighted by molar-refractivity contribution is 0.0996. The molecule has 3 N–H and O–H groups in total. The second kappa shape index (κ2) is 2.60. The predicted octanol–water partition coefficient (Wildman–Crippen LogP) is 1.41. The number of furan rings is 1. The van der Waals surface area contributed by atoms with Crippen LogP contribution in [-0.2, 0) is 0 Å². The van der Waals surface area contributed by atoms with Crippen molar-refractivity contribution in [3.05, 3.63) is 30.0 Å². The molecule has 0 aliphatic rings. The zero-order chi connectivity index (χ0) is 10.4. The quantitative estimate of drug-likeness (QED) is 0.624. The number of carbonyl (C=O) groups excluding carboxylic acids is 1. The molecular formula is C10H7N3O2. The van der Waals surface area contributed by atoms with Gasteiger partial charge in [0, 0.05) is 5.39 Å². The fourth-order valence-corrected chi connectivity index (χ4v) is 1.64. The fraction of sp³-hybridized carbons (Fsp3) is 0. The molecule has 0 aliphatic carbocycles. The zero-order valence-electron chi connectivity index (χ0n) is 7.65. The van der Waals surface area contributed by atoms with Gasteiger partial charge in [-0.05, 0) is 12.1 Å². The van der Waals surface area contributed by atoms with E-state index in [0.717, 1.165) is 5.39 Å². The largest absolute Gasteiger partial charge is 0.452 e. The third kappa shape index (κ3) is 0.969. The van der Waals surface area contributed by atoms with Crippen LogP contribution in [0, 0.1) is 0 Å². The van der Waals surface area contributed by atoms with Crippen LogP contribution in [0.2, 0.25) is 0 Å². The van der Waals surface area contributed by atoms with Gasteiger partial charge >= 0.3 is 0 Å². The van der Waals surface area contributed by atoms with E-state index in [1.165, 1.54) is 0 Å². The minimum Gasteiger partial charge on any atom is -0.452 e. The Labute approximate surface area is 83.9 Å². The number of hydrogen-bond acceptors (Lipinski definition) is 3. The lowest BCUT2D eigenvalue weighted by atomic mass is 10.2. The number of nitrogens with one attached hydrogen (secondary N) is 1. The Morgan fingerprint density at radius 3 is 3.00 bits per heavy atom. The van der Waals surface area contributed by atoms with Gasteiger partial charge in [-0.1, -0.05) is 12.1 Å². The van der Waals surface area contributed by atoms with E-state index in [4.69, 9.17) is 10.2 Å². The highest BCUT2D eigenvalue weighted by molar-refractivity contribution is 6.10. The standard InChI is InChI=1S/C10H7N3O2/c11-10(14)8-9-7(12-13-8)5-3-1-2-4-6(5)15-9/h1-4H,(H2,11,14)(H,12,13). The summed E-state index contributed by atoms with van der Waals surface area (Å²) in [6.07, 6.45) is 0. The van der Waals surface area contributed by atoms with Crippen molar-refractivity contribution in [2.45, 2.75) is 0 Å². The Morgan fingerprint density at radius 2 is 2.20 bits per heavy atom. The summed E-state index contributed by atoms with van der Waals surface area (Å²) in [6.45, 7) is 0. The number of fused-ring (bicyclic) bond motifs is 3. The highest BCUT2D eigenvalue weighted by atomic mass is 16.3. The second-order valence-corrected chi connectivity index (χ2v) is 3.24. The van der Waals surface area contributed by atoms with E-state index in [0.29, 0.717) is 16.7 Å². The van der Waals surface area contributed by atoms with Crippen molar-refractivity contribution >= 4 is 28.0 Å². The Hall–Kier alpha value is -2.30. The van der Waals surface area contributed by atoms with Crippen molar-refractivity contribution in [2.75, 3.05) is 0 Å². The highest BCUT2D eigenvalue weighted by Crippen LogP contribution is 2.28. The van der Waals surface area contributed by atoms with Gasteiger partial charge in [-0.25, -0.2) is 0 Å². The minimum atomic E-state index is -0.573. The summed E-state index contributed by atoms with van der Waals surface area (Å²) < 4.78 is 5.49. The second-order valence-electron chi connectivity index (χ2n) is 3.24. The van der Waals surface area contributed by atoms with Gasteiger partial charge in [0.15, 0.2) is 11.3 Å². The average molecular weight is 201 g/mol. The first-order chi connectivity index (χ1) is 7.27. The number of nitrogens with zero attached hydrogens (tertiary/aromatic N) is 1. The molecular weight excluding hydrogens is 194 g/mol. The number of carbonyl (C=O) groups is 1. The van der Waals surface area contributed by atoms with Gasteiger partial charge in [-0.15, -0.1) is 0 Å². The van der Waals surface area contributed by atoms with Gasteiger partial charge in [-0.3, -0.25) is 9.89 Å². The lowest BCUT2D eigenvalue weighted by Crippen LogP contribution is -2.11. The SMILES string of the molecule is NC(=O)c1[nH]nc2c1oc1ccccc12. The minimum absolute atomic E-state index is 0.209. The van der Waals surface area contributed by atoms with Gasteiger partial charge in [0.1, 0.15) is 11.1 Å². The number of para-hydroxylation sites is 1. The molecule has 74 valence electrons. The van der Waals surface area contributed by atoms with Crippen LogP contribution in [0.5, 0.6) is 0 Å². The van der Waals surface area contributed by atoms with Gasteiger partial charge in [0.25, 0.3) is 5.91 Å². The molecule has 0 atom stereocenters. The molecule has 0 radical (unpaired) electrons. The number of amides is 1. The van der Waals surface area contributed by atoms with Crippen LogP contribution < -0.4 is 5.73 Å². The summed E-state index contributed by atoms with van der Waals surface area (Å²) in [7, 11) is 0. The number of hydrogen-bond donors (Lipinski definition) is 2. The summed E-state index contributed by atoms with van der Waals surface area (Å²) in [5.41, 5.74) is 7.14. The van der Waals surface area contributed by atoms with E-state index in [9.17, 15) is 4.79 Å². The zero-order valence-corrected chi connectivity index (χ0v) is 7.65. The van der Waals surface area contributed by atoms with Crippen molar-refractivity contribution < 1.29 is 9.21 Å². The molecule has 0 spiro atoms. The van der Waals surface area contributed by atoms with Crippen molar-refractivity contribution in [1.82, 2.24) is 10.2 Å². The van der Waals surface area contributed by atoms with E-state index in [1.54, 1.807) is 0 Å². The first kappa shape index (κ1) is 8.05. The molecule has 2 heterocycles. The van der Waals surface area contributed by atoms with E-state index in [1.807, 2.05) is 24.3 Å². The lowest BCUT2D eigenvalue weighted by Gasteiger charge is -1.86. The van der Waals surface area contributed by atoms with Crippen LogP contribution in [0.3, 0.4) is 0 Å². The van der Waals surface area contributed by atoms with Crippen LogP contribution in [0.15, 0.2) is 28.7 Å². The van der Waals surface area contributed by atoms with Crippen molar-refractivity contribution in [1.29, 1.82) is 0 Å². The normalized spacial score (nSPS) is 11.2. The predicted molar refractivity (Wildman–Crippen MR) is 54.4 cm³/mol. The van der Waals surface area contributed by atoms with Crippen molar-refractivity contribution in [3.63, 3.8) is 0 Å². The van der Waals surface area contributed by atoms with Gasteiger partial charge < -0.3 is 10.2 Å². The van der Waals surface area contributed by atoms with Gasteiger partial charge in [-0.2, -0.15) is 5.10 Å². The summed E-state index contributed by atoms with van der Waals surface area (Å²) in [5, 5.41) is 7.45. The van der Waals surface area contributed by atoms with Crippen LogP contribution in [0.25, 0.3) is 22.1 Å². The number of aromatic nitrogens is 2. The molecule has 0 fully saturated rings. The molecule has 1 amide bonds. The molecule has 5 nitrogen and oxygen atoms in total. The maximum atomic E-state index is 11.0. The molecule has 3 rings (SSSR count). The molecule has 1 aromatic carbocycles. The first-order valence-corrected chi connectivity index (χ1v) is 4.43. The van der Waals surface area contributed by atoms with E-state index in [2.05, 4.69) is 10.2 Å². The highest BCUT2D eigenvalue weighted by Gasteiger charge is 2.16. The maximum Gasteiger partial charge on any atom is 0.270 e. The van der Waals surface area contributed by atoms with Crippen LogP contribution in [0.4, 0.5) is 0 Å². The molecule has 3 aromatic rings. The average Bonchev–Trinajstić information content (AvgIpc) is 2.74. The van der Waals surface area contributed by atoms with Crippen LogP contribution in [0.1, 0.15) is 10.5 Å². The summed E-state index contributed by atoms with van der Waals surface area (Å²) >= 11 is 0. The molecule has 15 heavy (non-hydrogen) atoms. The van der Waals surface area contributed by atoms with Crippen LogP contribution in [-0.4, -0.2) is 16.1 Å². The van der Waals surface area contributed by atoms with Gasteiger partial charge in [0.05, 0.1) is 0 Å². The summed E-state index contributed by atoms with van der Waals surface area (Å²) in [4.78, 5) is 11.0. The van der Waals surface area contributed by atoms with E-state index in [-0.39, 0.29) is 5.69 Å². The number of rotatable bonds is 1. The number of benzene rings is 1. The van der Waals surface area contributed by atoms with Crippen molar-refractivity contribution in [2.24, 2.45) is 5.73 Å². The third-order valence-electron chi connectivity index (χ3n) is 2.32. The number of nitrogens with two attached hydrogens (primary N) is 1. The maximum absolute atomic E-state index is 11.0. The summed E-state index contributed by atoms with van der Waals surface area (Å²) in [5.74, 6) is -0.573. The molecule has 2 aromatic heterocycles. The van der Waals surface area contributed by atoms with Crippen molar-refractivity contribution in [3.8, 4) is 0 Å². The Bertz CT molecular complexity index is 665. The number of primary amides is 1.